The fraction of sp³-hybridized carbons (Fsp3) is 0.105. The summed E-state index contributed by atoms with van der Waals surface area (Å²) in [6, 6.07) is 15.6. The van der Waals surface area contributed by atoms with Crippen LogP contribution in [0, 0.1) is 6.92 Å². The van der Waals surface area contributed by atoms with Gasteiger partial charge in [-0.15, -0.1) is 11.8 Å². The number of carbonyl (C=O) groups excluding carboxylic acids is 2. The van der Waals surface area contributed by atoms with E-state index in [1.165, 1.54) is 11.8 Å². The highest BCUT2D eigenvalue weighted by molar-refractivity contribution is 8.00. The van der Waals surface area contributed by atoms with Gasteiger partial charge in [-0.1, -0.05) is 22.8 Å². The molecule has 0 atom stereocenters. The van der Waals surface area contributed by atoms with Gasteiger partial charge in [-0.05, 0) is 49.4 Å². The number of aryl methyl sites for hydroxylation is 1. The molecule has 138 valence electrons. The largest absolute Gasteiger partial charge is 0.360 e. The van der Waals surface area contributed by atoms with E-state index >= 15 is 0 Å². The Balaban J connectivity index is 1.51. The Morgan fingerprint density at radius 3 is 2.56 bits per heavy atom. The van der Waals surface area contributed by atoms with Crippen LogP contribution in [0.4, 0.5) is 11.5 Å². The Kier molecular flexibility index (Phi) is 6.16. The first-order chi connectivity index (χ1) is 13.0. The zero-order valence-corrected chi connectivity index (χ0v) is 15.9. The van der Waals surface area contributed by atoms with Gasteiger partial charge >= 0.3 is 0 Å². The average molecular weight is 402 g/mol. The van der Waals surface area contributed by atoms with E-state index < -0.39 is 0 Å². The van der Waals surface area contributed by atoms with Crippen molar-refractivity contribution < 1.29 is 14.1 Å². The summed E-state index contributed by atoms with van der Waals surface area (Å²) in [7, 11) is 0. The van der Waals surface area contributed by atoms with Crippen LogP contribution in [0.1, 0.15) is 16.1 Å². The van der Waals surface area contributed by atoms with Crippen molar-refractivity contribution in [3.63, 3.8) is 0 Å². The smallest absolute Gasteiger partial charge is 0.255 e. The molecule has 1 heterocycles. The highest BCUT2D eigenvalue weighted by Crippen LogP contribution is 2.21. The van der Waals surface area contributed by atoms with E-state index in [1.807, 2.05) is 12.1 Å². The number of hydrogen-bond acceptors (Lipinski definition) is 5. The van der Waals surface area contributed by atoms with Crippen LogP contribution in [0.3, 0.4) is 0 Å². The zero-order valence-electron chi connectivity index (χ0n) is 14.4. The lowest BCUT2D eigenvalue weighted by Gasteiger charge is -2.07. The lowest BCUT2D eigenvalue weighted by molar-refractivity contribution is -0.113. The molecule has 2 N–H and O–H groups in total. The fourth-order valence-electron chi connectivity index (χ4n) is 2.22. The van der Waals surface area contributed by atoms with E-state index in [0.717, 1.165) is 4.90 Å². The lowest BCUT2D eigenvalue weighted by atomic mass is 10.2. The van der Waals surface area contributed by atoms with Crippen molar-refractivity contribution in [1.29, 1.82) is 0 Å². The normalized spacial score (nSPS) is 10.4. The van der Waals surface area contributed by atoms with Crippen molar-refractivity contribution in [3.8, 4) is 0 Å². The van der Waals surface area contributed by atoms with Crippen LogP contribution in [-0.4, -0.2) is 22.7 Å². The minimum absolute atomic E-state index is 0.174. The first-order valence-electron chi connectivity index (χ1n) is 8.02. The number of aromatic nitrogens is 1. The number of anilines is 2. The maximum atomic E-state index is 12.2. The van der Waals surface area contributed by atoms with Gasteiger partial charge in [0.25, 0.3) is 5.91 Å². The summed E-state index contributed by atoms with van der Waals surface area (Å²) in [6.07, 6.45) is 0. The van der Waals surface area contributed by atoms with Crippen LogP contribution in [0.15, 0.2) is 64.0 Å². The maximum Gasteiger partial charge on any atom is 0.255 e. The summed E-state index contributed by atoms with van der Waals surface area (Å²) >= 11 is 7.28. The molecule has 27 heavy (non-hydrogen) atoms. The van der Waals surface area contributed by atoms with Crippen LogP contribution in [-0.2, 0) is 4.79 Å². The highest BCUT2D eigenvalue weighted by atomic mass is 35.5. The summed E-state index contributed by atoms with van der Waals surface area (Å²) in [5.41, 5.74) is 1.15. The van der Waals surface area contributed by atoms with E-state index in [2.05, 4.69) is 15.8 Å². The molecule has 2 aromatic carbocycles. The molecule has 3 rings (SSSR count). The first-order valence-corrected chi connectivity index (χ1v) is 9.39. The van der Waals surface area contributed by atoms with Gasteiger partial charge in [0.05, 0.1) is 5.75 Å². The van der Waals surface area contributed by atoms with Crippen molar-refractivity contribution in [2.45, 2.75) is 11.8 Å². The summed E-state index contributed by atoms with van der Waals surface area (Å²) in [4.78, 5) is 25.0. The molecule has 8 heteroatoms. The number of halogens is 1. The average Bonchev–Trinajstić information content (AvgIpc) is 3.06. The Morgan fingerprint density at radius 2 is 1.89 bits per heavy atom. The van der Waals surface area contributed by atoms with Gasteiger partial charge in [0.1, 0.15) is 5.76 Å². The molecule has 0 aliphatic carbocycles. The Hall–Kier alpha value is -2.77. The number of carbonyl (C=O) groups is 2. The van der Waals surface area contributed by atoms with Gasteiger partial charge in [0.2, 0.25) is 5.91 Å². The second kappa shape index (κ2) is 8.75. The molecule has 0 aliphatic heterocycles. The molecular weight excluding hydrogens is 386 g/mol. The maximum absolute atomic E-state index is 12.2. The molecule has 0 saturated carbocycles. The molecule has 0 bridgehead atoms. The quantitative estimate of drug-likeness (QED) is 0.589. The lowest BCUT2D eigenvalue weighted by Crippen LogP contribution is -2.14. The van der Waals surface area contributed by atoms with Gasteiger partial charge in [0, 0.05) is 27.2 Å². The summed E-state index contributed by atoms with van der Waals surface area (Å²) in [5.74, 6) is 0.859. The second-order valence-electron chi connectivity index (χ2n) is 5.65. The third kappa shape index (κ3) is 5.60. The van der Waals surface area contributed by atoms with Gasteiger partial charge in [-0.2, -0.15) is 0 Å². The van der Waals surface area contributed by atoms with Gasteiger partial charge in [-0.25, -0.2) is 0 Å². The molecule has 0 aliphatic rings. The predicted molar refractivity (Wildman–Crippen MR) is 106 cm³/mol. The first kappa shape index (κ1) is 19.0. The molecule has 6 nitrogen and oxygen atoms in total. The standard InChI is InChI=1S/C19H16ClN3O3S/c1-12-9-17(23-26-12)22-18(24)11-27-16-7-5-15(6-8-16)21-19(25)13-3-2-4-14(20)10-13/h2-10H,11H2,1H3,(H,21,25)(H,22,23,24). The zero-order chi connectivity index (χ0) is 19.2. The molecule has 0 saturated heterocycles. The molecule has 1 aromatic heterocycles. The van der Waals surface area contributed by atoms with Crippen LogP contribution in [0.25, 0.3) is 0 Å². The molecular formula is C19H16ClN3O3S. The number of nitrogens with one attached hydrogen (secondary N) is 2. The van der Waals surface area contributed by atoms with Crippen molar-refractivity contribution in [1.82, 2.24) is 5.16 Å². The molecule has 0 radical (unpaired) electrons. The Labute approximate surface area is 165 Å². The number of thioether (sulfide) groups is 1. The number of nitrogens with zero attached hydrogens (tertiary/aromatic N) is 1. The van der Waals surface area contributed by atoms with E-state index in [-0.39, 0.29) is 17.6 Å². The predicted octanol–water partition coefficient (Wildman–Crippen LogP) is 4.62. The van der Waals surface area contributed by atoms with Crippen molar-refractivity contribution in [3.05, 3.63) is 70.9 Å². The number of hydrogen-bond donors (Lipinski definition) is 2. The fourth-order valence-corrected chi connectivity index (χ4v) is 3.11. The third-order valence-electron chi connectivity index (χ3n) is 3.46. The van der Waals surface area contributed by atoms with Crippen molar-refractivity contribution in [2.24, 2.45) is 0 Å². The van der Waals surface area contributed by atoms with E-state index in [1.54, 1.807) is 49.4 Å². The minimum atomic E-state index is -0.236. The van der Waals surface area contributed by atoms with Gasteiger partial charge < -0.3 is 15.2 Å². The van der Waals surface area contributed by atoms with E-state index in [0.29, 0.717) is 27.9 Å². The van der Waals surface area contributed by atoms with Gasteiger partial charge in [0.15, 0.2) is 5.82 Å². The van der Waals surface area contributed by atoms with Crippen LogP contribution in [0.2, 0.25) is 5.02 Å². The highest BCUT2D eigenvalue weighted by Gasteiger charge is 2.08. The SMILES string of the molecule is Cc1cc(NC(=O)CSc2ccc(NC(=O)c3cccc(Cl)c3)cc2)no1. The van der Waals surface area contributed by atoms with Crippen molar-refractivity contribution in [2.75, 3.05) is 16.4 Å². The summed E-state index contributed by atoms with van der Waals surface area (Å²) in [5, 5.41) is 9.69. The Morgan fingerprint density at radius 1 is 1.11 bits per heavy atom. The van der Waals surface area contributed by atoms with Crippen LogP contribution < -0.4 is 10.6 Å². The van der Waals surface area contributed by atoms with Crippen LogP contribution in [0.5, 0.6) is 0 Å². The van der Waals surface area contributed by atoms with Crippen molar-refractivity contribution >= 4 is 46.7 Å². The number of amides is 2. The van der Waals surface area contributed by atoms with Crippen LogP contribution >= 0.6 is 23.4 Å². The molecule has 3 aromatic rings. The van der Waals surface area contributed by atoms with E-state index in [9.17, 15) is 9.59 Å². The second-order valence-corrected chi connectivity index (χ2v) is 7.13. The van der Waals surface area contributed by atoms with Gasteiger partial charge in [-0.3, -0.25) is 9.59 Å². The number of rotatable bonds is 6. The molecule has 0 fully saturated rings. The minimum Gasteiger partial charge on any atom is -0.360 e. The molecule has 0 unspecified atom stereocenters. The topological polar surface area (TPSA) is 84.2 Å². The summed E-state index contributed by atoms with van der Waals surface area (Å²) < 4.78 is 4.90. The molecule has 0 spiro atoms. The summed E-state index contributed by atoms with van der Waals surface area (Å²) in [6.45, 7) is 1.75. The van der Waals surface area contributed by atoms with E-state index in [4.69, 9.17) is 16.1 Å². The Bertz CT molecular complexity index is 957. The third-order valence-corrected chi connectivity index (χ3v) is 4.71. The monoisotopic (exact) mass is 401 g/mol. The number of benzene rings is 2. The molecule has 2 amide bonds.